The number of aliphatic hydroxyl groups is 1. The van der Waals surface area contributed by atoms with E-state index in [-0.39, 0.29) is 11.8 Å². The zero-order valence-electron chi connectivity index (χ0n) is 15.2. The SMILES string of the molecule is COc1ccc(C2(C(=O)N3CC[C@@H](O)[C@@]4(CCCNC4=O)C3)CC2)cc1. The molecule has 0 bridgehead atoms. The minimum Gasteiger partial charge on any atom is -0.497 e. The van der Waals surface area contributed by atoms with Gasteiger partial charge in [-0.15, -0.1) is 0 Å². The Balaban J connectivity index is 1.57. The molecule has 2 atom stereocenters. The summed E-state index contributed by atoms with van der Waals surface area (Å²) in [6.45, 7) is 1.47. The second-order valence-corrected chi connectivity index (χ2v) is 7.86. The smallest absolute Gasteiger partial charge is 0.233 e. The highest BCUT2D eigenvalue weighted by atomic mass is 16.5. The fourth-order valence-corrected chi connectivity index (χ4v) is 4.58. The molecule has 2 N–H and O–H groups in total. The van der Waals surface area contributed by atoms with E-state index < -0.39 is 16.9 Å². The summed E-state index contributed by atoms with van der Waals surface area (Å²) in [5, 5.41) is 13.4. The van der Waals surface area contributed by atoms with Crippen LogP contribution in [0.15, 0.2) is 24.3 Å². The van der Waals surface area contributed by atoms with Crippen LogP contribution >= 0.6 is 0 Å². The predicted octanol–water partition coefficient (Wildman–Crippen LogP) is 1.22. The van der Waals surface area contributed by atoms with Gasteiger partial charge in [0.1, 0.15) is 5.75 Å². The van der Waals surface area contributed by atoms with Gasteiger partial charge in [0.05, 0.1) is 24.0 Å². The number of carbonyl (C=O) groups excluding carboxylic acids is 2. The summed E-state index contributed by atoms with van der Waals surface area (Å²) < 4.78 is 5.21. The van der Waals surface area contributed by atoms with E-state index >= 15 is 0 Å². The van der Waals surface area contributed by atoms with Gasteiger partial charge in [-0.1, -0.05) is 12.1 Å². The molecule has 1 aliphatic carbocycles. The van der Waals surface area contributed by atoms with Crippen molar-refractivity contribution in [1.29, 1.82) is 0 Å². The predicted molar refractivity (Wildman–Crippen MR) is 95.8 cm³/mol. The number of methoxy groups -OCH3 is 1. The normalized spacial score (nSPS) is 30.0. The van der Waals surface area contributed by atoms with E-state index in [4.69, 9.17) is 4.74 Å². The molecule has 26 heavy (non-hydrogen) atoms. The number of nitrogens with zero attached hydrogens (tertiary/aromatic N) is 1. The molecule has 2 aliphatic heterocycles. The van der Waals surface area contributed by atoms with Crippen LogP contribution < -0.4 is 10.1 Å². The highest BCUT2D eigenvalue weighted by molar-refractivity contribution is 5.92. The van der Waals surface area contributed by atoms with Crippen LogP contribution in [0.25, 0.3) is 0 Å². The van der Waals surface area contributed by atoms with Crippen LogP contribution in [0.1, 0.15) is 37.7 Å². The van der Waals surface area contributed by atoms with Crippen molar-refractivity contribution in [1.82, 2.24) is 10.2 Å². The first kappa shape index (κ1) is 17.3. The molecule has 4 rings (SSSR count). The van der Waals surface area contributed by atoms with Crippen LogP contribution in [0.4, 0.5) is 0 Å². The second-order valence-electron chi connectivity index (χ2n) is 7.86. The van der Waals surface area contributed by atoms with Crippen LogP contribution in [-0.4, -0.2) is 54.7 Å². The van der Waals surface area contributed by atoms with Gasteiger partial charge in [0.2, 0.25) is 11.8 Å². The average Bonchev–Trinajstić information content (AvgIpc) is 3.47. The van der Waals surface area contributed by atoms with E-state index in [9.17, 15) is 14.7 Å². The number of piperidine rings is 2. The first-order chi connectivity index (χ1) is 12.5. The Morgan fingerprint density at radius 2 is 2.00 bits per heavy atom. The van der Waals surface area contributed by atoms with Gasteiger partial charge in [-0.2, -0.15) is 0 Å². The van der Waals surface area contributed by atoms with Crippen molar-refractivity contribution in [2.75, 3.05) is 26.7 Å². The van der Waals surface area contributed by atoms with Crippen LogP contribution in [0.3, 0.4) is 0 Å². The van der Waals surface area contributed by atoms with Crippen molar-refractivity contribution in [3.63, 3.8) is 0 Å². The molecule has 1 aromatic carbocycles. The molecule has 1 spiro atoms. The second kappa shape index (κ2) is 6.27. The number of hydrogen-bond acceptors (Lipinski definition) is 4. The van der Waals surface area contributed by atoms with Crippen molar-refractivity contribution in [2.24, 2.45) is 5.41 Å². The van der Waals surface area contributed by atoms with Crippen LogP contribution in [0, 0.1) is 5.41 Å². The van der Waals surface area contributed by atoms with Gasteiger partial charge in [-0.3, -0.25) is 9.59 Å². The Kier molecular flexibility index (Phi) is 4.18. The van der Waals surface area contributed by atoms with Crippen LogP contribution in [-0.2, 0) is 15.0 Å². The van der Waals surface area contributed by atoms with Gasteiger partial charge >= 0.3 is 0 Å². The first-order valence-electron chi connectivity index (χ1n) is 9.42. The molecule has 0 unspecified atom stereocenters. The Morgan fingerprint density at radius 1 is 1.27 bits per heavy atom. The standard InChI is InChI=1S/C20H26N2O4/c1-26-15-5-3-14(4-6-15)19(9-10-19)18(25)22-12-7-16(23)20(13-22)8-2-11-21-17(20)24/h3-6,16,23H,2,7-13H2,1H3,(H,21,24)/t16-,20-/m1/s1. The number of nitrogens with one attached hydrogen (secondary N) is 1. The molecule has 2 heterocycles. The molecule has 6 nitrogen and oxygen atoms in total. The summed E-state index contributed by atoms with van der Waals surface area (Å²) in [7, 11) is 1.63. The van der Waals surface area contributed by atoms with Crippen LogP contribution in [0.5, 0.6) is 5.75 Å². The fraction of sp³-hybridized carbons (Fsp3) is 0.600. The molecule has 1 aromatic rings. The largest absolute Gasteiger partial charge is 0.497 e. The quantitative estimate of drug-likeness (QED) is 0.851. The summed E-state index contributed by atoms with van der Waals surface area (Å²) >= 11 is 0. The Bertz CT molecular complexity index is 713. The molecule has 2 saturated heterocycles. The molecule has 1 saturated carbocycles. The van der Waals surface area contributed by atoms with Gasteiger partial charge in [-0.25, -0.2) is 0 Å². The third kappa shape index (κ3) is 2.58. The highest BCUT2D eigenvalue weighted by Gasteiger charge is 2.57. The molecule has 140 valence electrons. The molecule has 3 aliphatic rings. The van der Waals surface area contributed by atoms with Gasteiger partial charge in [0.25, 0.3) is 0 Å². The molecule has 2 amide bonds. The number of benzene rings is 1. The van der Waals surface area contributed by atoms with E-state index in [1.54, 1.807) is 7.11 Å². The summed E-state index contributed by atoms with van der Waals surface area (Å²) in [5.41, 5.74) is -0.306. The summed E-state index contributed by atoms with van der Waals surface area (Å²) in [6.07, 6.45) is 2.92. The highest BCUT2D eigenvalue weighted by Crippen LogP contribution is 2.51. The molecular formula is C20H26N2O4. The molecule has 6 heteroatoms. The molecule has 0 aromatic heterocycles. The Labute approximate surface area is 153 Å². The maximum atomic E-state index is 13.4. The minimum atomic E-state index is -0.845. The van der Waals surface area contributed by atoms with E-state index in [1.165, 1.54) is 0 Å². The third-order valence-corrected chi connectivity index (χ3v) is 6.41. The van der Waals surface area contributed by atoms with Gasteiger partial charge in [0, 0.05) is 19.6 Å². The molecular weight excluding hydrogens is 332 g/mol. The van der Waals surface area contributed by atoms with Crippen molar-refractivity contribution in [2.45, 2.75) is 43.6 Å². The number of aliphatic hydroxyl groups excluding tert-OH is 1. The third-order valence-electron chi connectivity index (χ3n) is 6.41. The van der Waals surface area contributed by atoms with Crippen molar-refractivity contribution in [3.8, 4) is 5.75 Å². The lowest BCUT2D eigenvalue weighted by Gasteiger charge is -2.47. The number of amides is 2. The number of rotatable bonds is 3. The zero-order valence-corrected chi connectivity index (χ0v) is 15.2. The average molecular weight is 358 g/mol. The van der Waals surface area contributed by atoms with Crippen molar-refractivity contribution in [3.05, 3.63) is 29.8 Å². The number of likely N-dealkylation sites (tertiary alicyclic amines) is 1. The van der Waals surface area contributed by atoms with Gasteiger partial charge in [-0.05, 0) is 49.8 Å². The zero-order chi connectivity index (χ0) is 18.4. The van der Waals surface area contributed by atoms with Crippen molar-refractivity contribution >= 4 is 11.8 Å². The Morgan fingerprint density at radius 3 is 2.62 bits per heavy atom. The monoisotopic (exact) mass is 358 g/mol. The summed E-state index contributed by atoms with van der Waals surface area (Å²) in [6, 6.07) is 7.70. The lowest BCUT2D eigenvalue weighted by Crippen LogP contribution is -2.63. The number of hydrogen-bond donors (Lipinski definition) is 2. The first-order valence-corrected chi connectivity index (χ1v) is 9.42. The lowest BCUT2D eigenvalue weighted by molar-refractivity contribution is -0.155. The minimum absolute atomic E-state index is 0.0901. The van der Waals surface area contributed by atoms with Gasteiger partial charge in [0.15, 0.2) is 0 Å². The van der Waals surface area contributed by atoms with E-state index in [0.29, 0.717) is 32.5 Å². The van der Waals surface area contributed by atoms with E-state index in [1.807, 2.05) is 29.2 Å². The molecule has 0 radical (unpaired) electrons. The number of ether oxygens (including phenoxy) is 1. The fourth-order valence-electron chi connectivity index (χ4n) is 4.58. The maximum Gasteiger partial charge on any atom is 0.233 e. The summed E-state index contributed by atoms with van der Waals surface area (Å²) in [5.74, 6) is 0.756. The van der Waals surface area contributed by atoms with Gasteiger partial charge < -0.3 is 20.1 Å². The summed E-state index contributed by atoms with van der Waals surface area (Å²) in [4.78, 5) is 27.7. The lowest BCUT2D eigenvalue weighted by atomic mass is 9.71. The van der Waals surface area contributed by atoms with E-state index in [2.05, 4.69) is 5.32 Å². The topological polar surface area (TPSA) is 78.9 Å². The Hall–Kier alpha value is -2.08. The molecule has 3 fully saturated rings. The maximum absolute atomic E-state index is 13.4. The van der Waals surface area contributed by atoms with Crippen LogP contribution in [0.2, 0.25) is 0 Å². The van der Waals surface area contributed by atoms with E-state index in [0.717, 1.165) is 30.6 Å². The number of carbonyl (C=O) groups is 2. The van der Waals surface area contributed by atoms with Crippen molar-refractivity contribution < 1.29 is 19.4 Å².